The molecule has 3 atom stereocenters. The molecule has 0 radical (unpaired) electrons. The molecule has 5 heteroatoms. The Morgan fingerprint density at radius 1 is 1.44 bits per heavy atom. The van der Waals surface area contributed by atoms with Gasteiger partial charge in [-0.2, -0.15) is 16.7 Å². The topological polar surface area (TPSA) is 64.9 Å². The zero-order chi connectivity index (χ0) is 11.5. The summed E-state index contributed by atoms with van der Waals surface area (Å²) in [4.78, 5) is 4.48. The Bertz CT molecular complexity index is 334. The lowest BCUT2D eigenvalue weighted by atomic mass is 10.1. The molecular formula is C11H19N3OS. The summed E-state index contributed by atoms with van der Waals surface area (Å²) in [5, 5.41) is 4.50. The van der Waals surface area contributed by atoms with Gasteiger partial charge in [0.1, 0.15) is 0 Å². The maximum Gasteiger partial charge on any atom is 0.231 e. The summed E-state index contributed by atoms with van der Waals surface area (Å²) in [5.74, 6) is 2.87. The van der Waals surface area contributed by atoms with E-state index in [0.717, 1.165) is 12.2 Å². The van der Waals surface area contributed by atoms with Crippen LogP contribution in [0.1, 0.15) is 56.0 Å². The fraction of sp³-hybridized carbons (Fsp3) is 0.818. The first kappa shape index (κ1) is 11.9. The maximum absolute atomic E-state index is 5.82. The SMILES string of the molecule is CC(N)C(C)c1nc(C2CCCCS2)no1. The van der Waals surface area contributed by atoms with Gasteiger partial charge in [-0.05, 0) is 25.5 Å². The Morgan fingerprint density at radius 2 is 2.25 bits per heavy atom. The minimum atomic E-state index is 0.0484. The zero-order valence-corrected chi connectivity index (χ0v) is 10.7. The van der Waals surface area contributed by atoms with Crippen molar-refractivity contribution < 1.29 is 4.52 Å². The summed E-state index contributed by atoms with van der Waals surface area (Å²) < 4.78 is 5.29. The lowest BCUT2D eigenvalue weighted by molar-refractivity contribution is 0.342. The van der Waals surface area contributed by atoms with Gasteiger partial charge in [0.2, 0.25) is 5.89 Å². The van der Waals surface area contributed by atoms with Crippen molar-refractivity contribution in [1.82, 2.24) is 10.1 Å². The van der Waals surface area contributed by atoms with E-state index >= 15 is 0 Å². The zero-order valence-electron chi connectivity index (χ0n) is 9.85. The van der Waals surface area contributed by atoms with E-state index < -0.39 is 0 Å². The molecule has 2 heterocycles. The molecule has 1 fully saturated rings. The monoisotopic (exact) mass is 241 g/mol. The van der Waals surface area contributed by atoms with Crippen molar-refractivity contribution >= 4 is 11.8 Å². The van der Waals surface area contributed by atoms with Crippen molar-refractivity contribution in [3.8, 4) is 0 Å². The van der Waals surface area contributed by atoms with Crippen LogP contribution in [0.2, 0.25) is 0 Å². The molecule has 16 heavy (non-hydrogen) atoms. The molecule has 0 bridgehead atoms. The highest BCUT2D eigenvalue weighted by atomic mass is 32.2. The predicted octanol–water partition coefficient (Wildman–Crippen LogP) is 2.48. The number of hydrogen-bond donors (Lipinski definition) is 1. The van der Waals surface area contributed by atoms with Gasteiger partial charge in [-0.25, -0.2) is 0 Å². The molecule has 0 spiro atoms. The Hall–Kier alpha value is -0.550. The first-order chi connectivity index (χ1) is 7.68. The van der Waals surface area contributed by atoms with E-state index in [4.69, 9.17) is 10.3 Å². The average Bonchev–Trinajstić information content (AvgIpc) is 2.78. The van der Waals surface area contributed by atoms with E-state index in [1.54, 1.807) is 0 Å². The molecule has 2 N–H and O–H groups in total. The van der Waals surface area contributed by atoms with Crippen LogP contribution < -0.4 is 5.73 Å². The first-order valence-electron chi connectivity index (χ1n) is 5.89. The van der Waals surface area contributed by atoms with Gasteiger partial charge in [-0.3, -0.25) is 0 Å². The van der Waals surface area contributed by atoms with Crippen molar-refractivity contribution in [3.63, 3.8) is 0 Å². The number of hydrogen-bond acceptors (Lipinski definition) is 5. The van der Waals surface area contributed by atoms with Crippen LogP contribution in [0.3, 0.4) is 0 Å². The summed E-state index contributed by atoms with van der Waals surface area (Å²) in [6, 6.07) is 0.0484. The number of nitrogens with zero attached hydrogens (tertiary/aromatic N) is 2. The second kappa shape index (κ2) is 5.19. The van der Waals surface area contributed by atoms with Crippen LogP contribution in [0.25, 0.3) is 0 Å². The summed E-state index contributed by atoms with van der Waals surface area (Å²) in [6.07, 6.45) is 3.74. The molecule has 1 aromatic heterocycles. The second-order valence-electron chi connectivity index (χ2n) is 4.49. The number of thioether (sulfide) groups is 1. The van der Waals surface area contributed by atoms with Crippen LogP contribution in [0.15, 0.2) is 4.52 Å². The molecule has 0 saturated carbocycles. The highest BCUT2D eigenvalue weighted by molar-refractivity contribution is 7.99. The van der Waals surface area contributed by atoms with E-state index in [2.05, 4.69) is 10.1 Å². The molecular weight excluding hydrogens is 222 g/mol. The predicted molar refractivity (Wildman–Crippen MR) is 65.4 cm³/mol. The standard InChI is InChI=1S/C11H19N3OS/c1-7(8(2)12)11-13-10(14-15-11)9-5-3-4-6-16-9/h7-9H,3-6,12H2,1-2H3. The first-order valence-corrected chi connectivity index (χ1v) is 6.94. The fourth-order valence-corrected chi connectivity index (χ4v) is 2.97. The van der Waals surface area contributed by atoms with Crippen molar-refractivity contribution in [2.75, 3.05) is 5.75 Å². The highest BCUT2D eigenvalue weighted by Gasteiger charge is 2.24. The van der Waals surface area contributed by atoms with Crippen LogP contribution in [0.4, 0.5) is 0 Å². The van der Waals surface area contributed by atoms with E-state index in [9.17, 15) is 0 Å². The molecule has 0 aromatic carbocycles. The lowest BCUT2D eigenvalue weighted by Gasteiger charge is -2.17. The Labute approximate surface area is 100 Å². The van der Waals surface area contributed by atoms with Crippen LogP contribution in [0, 0.1) is 0 Å². The second-order valence-corrected chi connectivity index (χ2v) is 5.80. The number of rotatable bonds is 3. The largest absolute Gasteiger partial charge is 0.339 e. The van der Waals surface area contributed by atoms with Crippen LogP contribution in [0.5, 0.6) is 0 Å². The third-order valence-electron chi connectivity index (χ3n) is 3.10. The maximum atomic E-state index is 5.82. The van der Waals surface area contributed by atoms with Gasteiger partial charge in [0.05, 0.1) is 11.2 Å². The molecule has 1 aliphatic rings. The number of nitrogens with two attached hydrogens (primary N) is 1. The quantitative estimate of drug-likeness (QED) is 0.880. The molecule has 0 amide bonds. The van der Waals surface area contributed by atoms with Crippen LogP contribution in [-0.2, 0) is 0 Å². The third kappa shape index (κ3) is 2.58. The minimum absolute atomic E-state index is 0.0484. The van der Waals surface area contributed by atoms with E-state index in [-0.39, 0.29) is 12.0 Å². The summed E-state index contributed by atoms with van der Waals surface area (Å²) in [6.45, 7) is 3.99. The van der Waals surface area contributed by atoms with Gasteiger partial charge < -0.3 is 10.3 Å². The molecule has 1 saturated heterocycles. The van der Waals surface area contributed by atoms with E-state index in [0.29, 0.717) is 11.1 Å². The van der Waals surface area contributed by atoms with Gasteiger partial charge >= 0.3 is 0 Å². The third-order valence-corrected chi connectivity index (χ3v) is 4.48. The van der Waals surface area contributed by atoms with Gasteiger partial charge in [-0.15, -0.1) is 0 Å². The summed E-state index contributed by atoms with van der Waals surface area (Å²) in [5.41, 5.74) is 5.82. The Kier molecular flexibility index (Phi) is 3.86. The smallest absolute Gasteiger partial charge is 0.231 e. The molecule has 2 rings (SSSR count). The molecule has 90 valence electrons. The summed E-state index contributed by atoms with van der Waals surface area (Å²) in [7, 11) is 0. The Balaban J connectivity index is 2.06. The minimum Gasteiger partial charge on any atom is -0.339 e. The van der Waals surface area contributed by atoms with Crippen molar-refractivity contribution in [2.45, 2.75) is 50.3 Å². The van der Waals surface area contributed by atoms with Gasteiger partial charge in [0, 0.05) is 6.04 Å². The molecule has 3 unspecified atom stereocenters. The molecule has 1 aromatic rings. The summed E-state index contributed by atoms with van der Waals surface area (Å²) >= 11 is 1.93. The van der Waals surface area contributed by atoms with Gasteiger partial charge in [-0.1, -0.05) is 18.5 Å². The van der Waals surface area contributed by atoms with Gasteiger partial charge in [0.15, 0.2) is 5.82 Å². The van der Waals surface area contributed by atoms with Crippen LogP contribution in [-0.4, -0.2) is 21.9 Å². The lowest BCUT2D eigenvalue weighted by Crippen LogP contribution is -2.22. The fourth-order valence-electron chi connectivity index (χ4n) is 1.73. The normalized spacial score (nSPS) is 25.3. The van der Waals surface area contributed by atoms with E-state index in [1.807, 2.05) is 25.6 Å². The average molecular weight is 241 g/mol. The molecule has 0 aliphatic carbocycles. The van der Waals surface area contributed by atoms with Gasteiger partial charge in [0.25, 0.3) is 0 Å². The molecule has 4 nitrogen and oxygen atoms in total. The van der Waals surface area contributed by atoms with Crippen LogP contribution >= 0.6 is 11.8 Å². The van der Waals surface area contributed by atoms with E-state index in [1.165, 1.54) is 18.6 Å². The number of aromatic nitrogens is 2. The highest BCUT2D eigenvalue weighted by Crippen LogP contribution is 2.37. The van der Waals surface area contributed by atoms with Crippen molar-refractivity contribution in [3.05, 3.63) is 11.7 Å². The Morgan fingerprint density at radius 3 is 2.88 bits per heavy atom. The molecule has 1 aliphatic heterocycles. The van der Waals surface area contributed by atoms with Crippen molar-refractivity contribution in [2.24, 2.45) is 5.73 Å². The van der Waals surface area contributed by atoms with Crippen molar-refractivity contribution in [1.29, 1.82) is 0 Å².